The lowest BCUT2D eigenvalue weighted by Crippen LogP contribution is -2.18. The second kappa shape index (κ2) is 4.81. The highest BCUT2D eigenvalue weighted by molar-refractivity contribution is 6.28. The maximum Gasteiger partial charge on any atom is 0.226 e. The van der Waals surface area contributed by atoms with E-state index in [2.05, 4.69) is 25.1 Å². The van der Waals surface area contributed by atoms with E-state index in [0.29, 0.717) is 12.2 Å². The van der Waals surface area contributed by atoms with Crippen molar-refractivity contribution in [2.45, 2.75) is 6.54 Å². The van der Waals surface area contributed by atoms with Crippen molar-refractivity contribution in [2.75, 3.05) is 11.9 Å². The fourth-order valence-corrected chi connectivity index (χ4v) is 2.09. The Labute approximate surface area is 114 Å². The van der Waals surface area contributed by atoms with Gasteiger partial charge in [0, 0.05) is 26.0 Å². The average molecular weight is 275 g/mol. The largest absolute Gasteiger partial charge is 0.355 e. The molecule has 6 nitrogen and oxygen atoms in total. The number of pyridine rings is 1. The Hall–Kier alpha value is -2.21. The molecule has 0 fully saturated rings. The normalized spacial score (nSPS) is 10.8. The van der Waals surface area contributed by atoms with Gasteiger partial charge in [-0.25, -0.2) is 0 Å². The van der Waals surface area contributed by atoms with E-state index in [1.807, 2.05) is 24.1 Å². The number of halogens is 1. The Kier molecular flexibility index (Phi) is 3.00. The first kappa shape index (κ1) is 11.9. The summed E-state index contributed by atoms with van der Waals surface area (Å²) in [5.41, 5.74) is 1.78. The number of fused-ring (bicyclic) bond motifs is 1. The van der Waals surface area contributed by atoms with E-state index in [1.165, 1.54) is 0 Å². The molecule has 3 aromatic rings. The monoisotopic (exact) mass is 274 g/mol. The number of anilines is 1. The zero-order valence-electron chi connectivity index (χ0n) is 10.2. The first-order valence-corrected chi connectivity index (χ1v) is 6.08. The van der Waals surface area contributed by atoms with Crippen molar-refractivity contribution in [3.05, 3.63) is 41.6 Å². The number of aromatic nitrogens is 5. The number of nitrogens with zero attached hydrogens (tertiary/aromatic N) is 5. The maximum atomic E-state index is 5.92. The van der Waals surface area contributed by atoms with Gasteiger partial charge in [-0.2, -0.15) is 15.1 Å². The Balaban J connectivity index is 1.97. The van der Waals surface area contributed by atoms with Crippen molar-refractivity contribution in [1.29, 1.82) is 0 Å². The Bertz CT molecular complexity index is 696. The second-order valence-corrected chi connectivity index (χ2v) is 4.50. The number of hydrogen-bond donors (Lipinski definition) is 1. The van der Waals surface area contributed by atoms with Crippen LogP contribution in [0, 0.1) is 0 Å². The molecular formula is C12H11ClN6. The molecule has 0 aliphatic carbocycles. The smallest absolute Gasteiger partial charge is 0.226 e. The van der Waals surface area contributed by atoms with Gasteiger partial charge in [0.1, 0.15) is 5.82 Å². The highest BCUT2D eigenvalue weighted by Gasteiger charge is 2.12. The first-order valence-electron chi connectivity index (χ1n) is 5.70. The van der Waals surface area contributed by atoms with Gasteiger partial charge in [0.05, 0.1) is 11.6 Å². The topological polar surface area (TPSA) is 70.6 Å². The summed E-state index contributed by atoms with van der Waals surface area (Å²) in [5.74, 6) is 0.751. The van der Waals surface area contributed by atoms with Crippen LogP contribution in [0.5, 0.6) is 0 Å². The van der Waals surface area contributed by atoms with Crippen molar-refractivity contribution in [2.24, 2.45) is 0 Å². The molecule has 0 aliphatic rings. The summed E-state index contributed by atoms with van der Waals surface area (Å²) in [5, 5.41) is 7.82. The Morgan fingerprint density at radius 1 is 1.26 bits per heavy atom. The first-order chi connectivity index (χ1) is 9.24. The van der Waals surface area contributed by atoms with Gasteiger partial charge in [-0.3, -0.25) is 10.1 Å². The second-order valence-electron chi connectivity index (χ2n) is 4.16. The van der Waals surface area contributed by atoms with Gasteiger partial charge in [-0.15, -0.1) is 0 Å². The molecule has 3 rings (SSSR count). The quantitative estimate of drug-likeness (QED) is 0.740. The molecule has 0 aromatic carbocycles. The minimum atomic E-state index is 0.202. The van der Waals surface area contributed by atoms with Crippen molar-refractivity contribution >= 4 is 28.5 Å². The molecular weight excluding hydrogens is 264 g/mol. The van der Waals surface area contributed by atoms with E-state index in [-0.39, 0.29) is 5.28 Å². The van der Waals surface area contributed by atoms with Crippen molar-refractivity contribution < 1.29 is 0 Å². The van der Waals surface area contributed by atoms with Crippen LogP contribution in [0.1, 0.15) is 5.56 Å². The van der Waals surface area contributed by atoms with Gasteiger partial charge in [0.15, 0.2) is 5.65 Å². The molecule has 0 saturated heterocycles. The molecule has 0 amide bonds. The van der Waals surface area contributed by atoms with Gasteiger partial charge in [-0.1, -0.05) is 0 Å². The average Bonchev–Trinajstić information content (AvgIpc) is 2.86. The molecule has 3 heterocycles. The van der Waals surface area contributed by atoms with Gasteiger partial charge in [0.25, 0.3) is 0 Å². The molecule has 0 bridgehead atoms. The predicted octanol–water partition coefficient (Wildman–Crippen LogP) is 2.04. The molecule has 1 N–H and O–H groups in total. The fourth-order valence-electron chi connectivity index (χ4n) is 1.92. The fraction of sp³-hybridized carbons (Fsp3) is 0.167. The lowest BCUT2D eigenvalue weighted by molar-refractivity contribution is 0.897. The van der Waals surface area contributed by atoms with Gasteiger partial charge in [-0.05, 0) is 29.3 Å². The SMILES string of the molecule is CN(Cc1ccncc1)c1nc(Cl)nc2[nH]ncc12. The van der Waals surface area contributed by atoms with Gasteiger partial charge in [0.2, 0.25) is 5.28 Å². The van der Waals surface area contributed by atoms with E-state index >= 15 is 0 Å². The van der Waals surface area contributed by atoms with E-state index in [9.17, 15) is 0 Å². The molecule has 19 heavy (non-hydrogen) atoms. The Morgan fingerprint density at radius 2 is 2.05 bits per heavy atom. The van der Waals surface area contributed by atoms with Crippen LogP contribution >= 0.6 is 11.6 Å². The van der Waals surface area contributed by atoms with E-state index < -0.39 is 0 Å². The zero-order valence-corrected chi connectivity index (χ0v) is 11.0. The molecule has 0 spiro atoms. The van der Waals surface area contributed by atoms with Gasteiger partial charge >= 0.3 is 0 Å². The number of aromatic amines is 1. The van der Waals surface area contributed by atoms with Crippen LogP contribution in [0.3, 0.4) is 0 Å². The van der Waals surface area contributed by atoms with Crippen molar-refractivity contribution in [1.82, 2.24) is 25.1 Å². The van der Waals surface area contributed by atoms with Gasteiger partial charge < -0.3 is 4.90 Å². The lowest BCUT2D eigenvalue weighted by atomic mass is 10.2. The lowest BCUT2D eigenvalue weighted by Gasteiger charge is -2.18. The molecule has 0 saturated carbocycles. The number of nitrogens with one attached hydrogen (secondary N) is 1. The molecule has 7 heteroatoms. The zero-order chi connectivity index (χ0) is 13.2. The minimum absolute atomic E-state index is 0.202. The predicted molar refractivity (Wildman–Crippen MR) is 73.0 cm³/mol. The molecule has 0 unspecified atom stereocenters. The summed E-state index contributed by atoms with van der Waals surface area (Å²) >= 11 is 5.92. The molecule has 0 radical (unpaired) electrons. The third-order valence-corrected chi connectivity index (χ3v) is 2.96. The van der Waals surface area contributed by atoms with Crippen LogP contribution in [0.25, 0.3) is 11.0 Å². The summed E-state index contributed by atoms with van der Waals surface area (Å²) in [6.45, 7) is 0.705. The van der Waals surface area contributed by atoms with Crippen LogP contribution in [0.2, 0.25) is 5.28 Å². The standard InChI is InChI=1S/C12H11ClN6/c1-19(7-8-2-4-14-5-3-8)11-9-6-15-18-10(9)16-12(13)17-11/h2-6H,7H2,1H3,(H,15,16,17,18). The summed E-state index contributed by atoms with van der Waals surface area (Å²) in [6.07, 6.45) is 5.23. The number of hydrogen-bond acceptors (Lipinski definition) is 5. The maximum absolute atomic E-state index is 5.92. The van der Waals surface area contributed by atoms with Crippen LogP contribution in [0.15, 0.2) is 30.7 Å². The highest BCUT2D eigenvalue weighted by atomic mass is 35.5. The van der Waals surface area contributed by atoms with Crippen molar-refractivity contribution in [3.8, 4) is 0 Å². The number of H-pyrrole nitrogens is 1. The highest BCUT2D eigenvalue weighted by Crippen LogP contribution is 2.23. The number of rotatable bonds is 3. The van der Waals surface area contributed by atoms with E-state index in [4.69, 9.17) is 11.6 Å². The van der Waals surface area contributed by atoms with Crippen LogP contribution in [-0.4, -0.2) is 32.2 Å². The summed E-state index contributed by atoms with van der Waals surface area (Å²) in [4.78, 5) is 14.4. The summed E-state index contributed by atoms with van der Waals surface area (Å²) < 4.78 is 0. The summed E-state index contributed by atoms with van der Waals surface area (Å²) in [6, 6.07) is 3.93. The van der Waals surface area contributed by atoms with E-state index in [1.54, 1.807) is 18.6 Å². The minimum Gasteiger partial charge on any atom is -0.355 e. The molecule has 96 valence electrons. The molecule has 0 atom stereocenters. The van der Waals surface area contributed by atoms with E-state index in [0.717, 1.165) is 16.8 Å². The molecule has 3 aromatic heterocycles. The summed E-state index contributed by atoms with van der Waals surface area (Å²) in [7, 11) is 1.95. The Morgan fingerprint density at radius 3 is 2.84 bits per heavy atom. The van der Waals surface area contributed by atoms with Crippen LogP contribution in [0.4, 0.5) is 5.82 Å². The van der Waals surface area contributed by atoms with Crippen LogP contribution < -0.4 is 4.90 Å². The third-order valence-electron chi connectivity index (χ3n) is 2.79. The van der Waals surface area contributed by atoms with Crippen LogP contribution in [-0.2, 0) is 6.54 Å². The molecule has 0 aliphatic heterocycles. The third kappa shape index (κ3) is 2.34. The van der Waals surface area contributed by atoms with Crippen molar-refractivity contribution in [3.63, 3.8) is 0 Å².